The summed E-state index contributed by atoms with van der Waals surface area (Å²) in [6.07, 6.45) is -2.79. The van der Waals surface area contributed by atoms with Crippen molar-refractivity contribution < 1.29 is 17.6 Å². The zero-order valence-electron chi connectivity index (χ0n) is 7.81. The molecule has 0 amide bonds. The monoisotopic (exact) mass is 245 g/mol. The van der Waals surface area contributed by atoms with Crippen molar-refractivity contribution in [2.24, 2.45) is 0 Å². The van der Waals surface area contributed by atoms with E-state index >= 15 is 0 Å². The van der Waals surface area contributed by atoms with Crippen LogP contribution in [0.5, 0.6) is 0 Å². The summed E-state index contributed by atoms with van der Waals surface area (Å²) in [6, 6.07) is 3.25. The van der Waals surface area contributed by atoms with Crippen molar-refractivity contribution in [3.05, 3.63) is 46.2 Å². The molecule has 2 rings (SSSR count). The van der Waals surface area contributed by atoms with E-state index in [2.05, 4.69) is 5.38 Å². The molecule has 2 aromatic rings. The number of hydrogen-bond donors (Lipinski definition) is 0. The van der Waals surface area contributed by atoms with Gasteiger partial charge in [0.2, 0.25) is 0 Å². The molecule has 0 N–H and O–H groups in total. The molecule has 0 unspecified atom stereocenters. The van der Waals surface area contributed by atoms with E-state index in [-0.39, 0.29) is 5.56 Å². The van der Waals surface area contributed by atoms with Gasteiger partial charge in [-0.3, -0.25) is 0 Å². The number of benzene rings is 1. The zero-order valence-corrected chi connectivity index (χ0v) is 8.62. The van der Waals surface area contributed by atoms with Gasteiger partial charge in [-0.2, -0.15) is 0 Å². The Labute approximate surface area is 93.2 Å². The van der Waals surface area contributed by atoms with Gasteiger partial charge in [0.15, 0.2) is 0 Å². The average molecular weight is 245 g/mol. The molecule has 1 aromatic heterocycles. The normalized spacial score (nSPS) is 11.1. The molecule has 83 valence electrons. The number of halogens is 4. The summed E-state index contributed by atoms with van der Waals surface area (Å²) in [7, 11) is 0. The molecule has 0 aliphatic rings. The van der Waals surface area contributed by atoms with Gasteiger partial charge in [-0.15, -0.1) is 11.3 Å². The van der Waals surface area contributed by atoms with E-state index in [1.165, 1.54) is 11.4 Å². The van der Waals surface area contributed by atoms with E-state index in [9.17, 15) is 17.6 Å². The van der Waals surface area contributed by atoms with E-state index in [0.717, 1.165) is 23.5 Å². The van der Waals surface area contributed by atoms with Crippen molar-refractivity contribution in [1.29, 1.82) is 0 Å². The molecule has 1 heterocycles. The molecular formula is C11H5F4S. The second-order valence-electron chi connectivity index (χ2n) is 3.06. The van der Waals surface area contributed by atoms with Gasteiger partial charge in [0.1, 0.15) is 11.6 Å². The summed E-state index contributed by atoms with van der Waals surface area (Å²) in [6.45, 7) is 0. The van der Waals surface area contributed by atoms with Crippen molar-refractivity contribution in [2.45, 2.75) is 6.43 Å². The fourth-order valence-corrected chi connectivity index (χ4v) is 2.13. The molecule has 16 heavy (non-hydrogen) atoms. The third kappa shape index (κ3) is 1.82. The first kappa shape index (κ1) is 11.1. The van der Waals surface area contributed by atoms with E-state index in [1.807, 2.05) is 0 Å². The highest BCUT2D eigenvalue weighted by molar-refractivity contribution is 7.08. The van der Waals surface area contributed by atoms with Gasteiger partial charge in [-0.25, -0.2) is 17.6 Å². The van der Waals surface area contributed by atoms with Crippen molar-refractivity contribution in [1.82, 2.24) is 0 Å². The molecule has 0 saturated carbocycles. The summed E-state index contributed by atoms with van der Waals surface area (Å²) >= 11 is 0.868. The van der Waals surface area contributed by atoms with Crippen molar-refractivity contribution >= 4 is 11.3 Å². The molecule has 0 atom stereocenters. The number of rotatable bonds is 2. The maximum atomic E-state index is 13.4. The largest absolute Gasteiger partial charge is 0.265 e. The van der Waals surface area contributed by atoms with Gasteiger partial charge in [0.05, 0.1) is 10.9 Å². The summed E-state index contributed by atoms with van der Waals surface area (Å²) in [5.74, 6) is -1.71. The van der Waals surface area contributed by atoms with Gasteiger partial charge in [-0.05, 0) is 17.5 Å². The van der Waals surface area contributed by atoms with Gasteiger partial charge in [0.25, 0.3) is 6.43 Å². The maximum absolute atomic E-state index is 13.4. The summed E-state index contributed by atoms with van der Waals surface area (Å²) in [5, 5.41) is 3.58. The van der Waals surface area contributed by atoms with Crippen molar-refractivity contribution in [2.75, 3.05) is 0 Å². The van der Waals surface area contributed by atoms with Crippen LogP contribution in [0.2, 0.25) is 0 Å². The van der Waals surface area contributed by atoms with Crippen molar-refractivity contribution in [3.8, 4) is 11.1 Å². The Balaban J connectivity index is 2.63. The molecular weight excluding hydrogens is 240 g/mol. The first-order chi connectivity index (χ1) is 7.61. The lowest BCUT2D eigenvalue weighted by Gasteiger charge is -2.05. The number of alkyl halides is 2. The first-order valence-electron chi connectivity index (χ1n) is 4.33. The minimum atomic E-state index is -2.79. The fourth-order valence-electron chi connectivity index (χ4n) is 1.38. The van der Waals surface area contributed by atoms with E-state index in [0.29, 0.717) is 0 Å². The van der Waals surface area contributed by atoms with E-state index < -0.39 is 29.2 Å². The molecule has 1 radical (unpaired) electrons. The zero-order chi connectivity index (χ0) is 11.7. The van der Waals surface area contributed by atoms with Crippen LogP contribution in [0.25, 0.3) is 11.1 Å². The highest BCUT2D eigenvalue weighted by atomic mass is 32.1. The average Bonchev–Trinajstić information content (AvgIpc) is 2.66. The molecule has 0 fully saturated rings. The first-order valence-corrected chi connectivity index (χ1v) is 5.21. The van der Waals surface area contributed by atoms with Crippen LogP contribution in [-0.4, -0.2) is 0 Å². The maximum Gasteiger partial charge on any atom is 0.265 e. The van der Waals surface area contributed by atoms with Crippen LogP contribution in [0, 0.1) is 17.0 Å². The Morgan fingerprint density at radius 1 is 1.12 bits per heavy atom. The minimum absolute atomic E-state index is 0.129. The highest BCUT2D eigenvalue weighted by Crippen LogP contribution is 2.36. The molecule has 1 aromatic carbocycles. The SMILES string of the molecule is Fc1cccc(F)c1-c1cs[c]c1C(F)F. The third-order valence-corrected chi connectivity index (χ3v) is 2.78. The minimum Gasteiger partial charge on any atom is -0.206 e. The van der Waals surface area contributed by atoms with Gasteiger partial charge < -0.3 is 0 Å². The fraction of sp³-hybridized carbons (Fsp3) is 0.0909. The predicted molar refractivity (Wildman–Crippen MR) is 53.5 cm³/mol. The van der Waals surface area contributed by atoms with Gasteiger partial charge in [0, 0.05) is 11.1 Å². The molecule has 0 aliphatic carbocycles. The third-order valence-electron chi connectivity index (χ3n) is 2.09. The Morgan fingerprint density at radius 2 is 1.75 bits per heavy atom. The quantitative estimate of drug-likeness (QED) is 0.686. The Bertz CT molecular complexity index is 484. The Hall–Kier alpha value is -1.36. The predicted octanol–water partition coefficient (Wildman–Crippen LogP) is 4.43. The van der Waals surface area contributed by atoms with Crippen LogP contribution >= 0.6 is 11.3 Å². The molecule has 5 heteroatoms. The van der Waals surface area contributed by atoms with Crippen LogP contribution in [0.1, 0.15) is 12.0 Å². The lowest BCUT2D eigenvalue weighted by atomic mass is 10.0. The van der Waals surface area contributed by atoms with Crippen LogP contribution in [-0.2, 0) is 0 Å². The standard InChI is InChI=1S/C11H5F4S/c12-8-2-1-3-9(13)10(8)6-4-16-5-7(6)11(14)15/h1-4,11H. The van der Waals surface area contributed by atoms with Crippen LogP contribution < -0.4 is 0 Å². The summed E-state index contributed by atoms with van der Waals surface area (Å²) in [5.41, 5.74) is -1.01. The lowest BCUT2D eigenvalue weighted by molar-refractivity contribution is 0.152. The Kier molecular flexibility index (Phi) is 2.96. The smallest absolute Gasteiger partial charge is 0.206 e. The molecule has 0 nitrogen and oxygen atoms in total. The number of thiophene rings is 1. The Morgan fingerprint density at radius 3 is 2.31 bits per heavy atom. The summed E-state index contributed by atoms with van der Waals surface area (Å²) < 4.78 is 51.8. The molecule has 0 saturated heterocycles. The number of hydrogen-bond acceptors (Lipinski definition) is 1. The molecule has 0 aliphatic heterocycles. The highest BCUT2D eigenvalue weighted by Gasteiger charge is 2.20. The van der Waals surface area contributed by atoms with Crippen LogP contribution in [0.15, 0.2) is 23.6 Å². The summed E-state index contributed by atoms with van der Waals surface area (Å²) in [4.78, 5) is 0. The second-order valence-corrected chi connectivity index (χ2v) is 3.74. The van der Waals surface area contributed by atoms with E-state index in [1.54, 1.807) is 0 Å². The van der Waals surface area contributed by atoms with Gasteiger partial charge in [-0.1, -0.05) is 6.07 Å². The van der Waals surface area contributed by atoms with E-state index in [4.69, 9.17) is 0 Å². The van der Waals surface area contributed by atoms with Crippen molar-refractivity contribution in [3.63, 3.8) is 0 Å². The van der Waals surface area contributed by atoms with Crippen LogP contribution in [0.4, 0.5) is 17.6 Å². The van der Waals surface area contributed by atoms with Crippen LogP contribution in [0.3, 0.4) is 0 Å². The molecule has 0 bridgehead atoms. The topological polar surface area (TPSA) is 0 Å². The van der Waals surface area contributed by atoms with Gasteiger partial charge >= 0.3 is 0 Å². The molecule has 0 spiro atoms. The lowest BCUT2D eigenvalue weighted by Crippen LogP contribution is -1.92. The second kappa shape index (κ2) is 4.25.